The van der Waals surface area contributed by atoms with Crippen molar-refractivity contribution in [2.24, 2.45) is 0 Å². The number of rotatable bonds is 4. The Bertz CT molecular complexity index is 4130. The number of aromatic nitrogens is 2. The smallest absolute Gasteiger partial charge is 0.135 e. The summed E-state index contributed by atoms with van der Waals surface area (Å²) < 4.78 is 17.7. The maximum Gasteiger partial charge on any atom is 0.135 e. The predicted molar refractivity (Wildman–Crippen MR) is 275 cm³/mol. The second-order valence-electron chi connectivity index (χ2n) is 16.6. The highest BCUT2D eigenvalue weighted by Gasteiger charge is 2.17. The third kappa shape index (κ3) is 6.19. The van der Waals surface area contributed by atoms with Crippen LogP contribution in [0.25, 0.3) is 121 Å². The molecule has 0 aliphatic carbocycles. The zero-order chi connectivity index (χ0) is 43.0. The summed E-state index contributed by atoms with van der Waals surface area (Å²) in [5.41, 5.74) is 15.6. The number of benzene rings is 10. The van der Waals surface area contributed by atoms with Crippen molar-refractivity contribution in [2.75, 3.05) is 0 Å². The first-order valence-corrected chi connectivity index (χ1v) is 22.6. The minimum absolute atomic E-state index is 0.906. The summed E-state index contributed by atoms with van der Waals surface area (Å²) in [5.74, 6) is 0. The van der Waals surface area contributed by atoms with Crippen molar-refractivity contribution in [1.29, 1.82) is 0 Å². The molecule has 0 saturated carbocycles. The molecular weight excluding hydrogens is 861 g/mol. The lowest BCUT2D eigenvalue weighted by Gasteiger charge is -2.11. The molecule has 0 N–H and O–H groups in total. The van der Waals surface area contributed by atoms with Crippen LogP contribution in [0, 0.1) is 0 Å². The summed E-state index contributed by atoms with van der Waals surface area (Å²) in [6, 6.07) is 79.8. The van der Waals surface area contributed by atoms with Crippen LogP contribution < -0.4 is 0 Å². The molecule has 0 aliphatic rings. The van der Waals surface area contributed by atoms with Crippen LogP contribution in [0.3, 0.4) is 0 Å². The predicted octanol–water partition coefficient (Wildman–Crippen LogP) is 17.5. The summed E-state index contributed by atoms with van der Waals surface area (Å²) in [4.78, 5) is 0. The molecule has 0 saturated heterocycles. The third-order valence-electron chi connectivity index (χ3n) is 12.9. The van der Waals surface area contributed by atoms with Gasteiger partial charge in [0.1, 0.15) is 22.3 Å². The van der Waals surface area contributed by atoms with Crippen molar-refractivity contribution in [3.8, 4) is 33.6 Å². The van der Waals surface area contributed by atoms with Gasteiger partial charge >= 0.3 is 0 Å². The van der Waals surface area contributed by atoms with E-state index in [1.54, 1.807) is 0 Å². The molecule has 0 atom stereocenters. The van der Waals surface area contributed by atoms with Gasteiger partial charge in [0, 0.05) is 58.9 Å². The number of furan rings is 2. The van der Waals surface area contributed by atoms with Crippen molar-refractivity contribution < 1.29 is 8.83 Å². The van der Waals surface area contributed by atoms with E-state index in [-0.39, 0.29) is 0 Å². The maximum atomic E-state index is 6.16. The minimum atomic E-state index is 0.906. The molecule has 0 bridgehead atoms. The Morgan fingerprint density at radius 1 is 0.262 bits per heavy atom. The molecular formula is C60H37BrN2O2. The van der Waals surface area contributed by atoms with Crippen LogP contribution in [0.2, 0.25) is 0 Å². The van der Waals surface area contributed by atoms with Gasteiger partial charge in [-0.1, -0.05) is 149 Å². The third-order valence-corrected chi connectivity index (χ3v) is 13.4. The van der Waals surface area contributed by atoms with Gasteiger partial charge in [-0.05, 0) is 113 Å². The molecule has 306 valence electrons. The number of nitrogens with zero attached hydrogens (tertiary/aromatic N) is 2. The Morgan fingerprint density at radius 3 is 1.43 bits per heavy atom. The number of halogens is 1. The highest BCUT2D eigenvalue weighted by Crippen LogP contribution is 2.40. The van der Waals surface area contributed by atoms with Crippen LogP contribution in [-0.2, 0) is 0 Å². The van der Waals surface area contributed by atoms with Crippen LogP contribution in [0.4, 0.5) is 0 Å². The van der Waals surface area contributed by atoms with E-state index in [0.29, 0.717) is 0 Å². The number of para-hydroxylation sites is 4. The molecule has 0 fully saturated rings. The molecule has 0 radical (unpaired) electrons. The monoisotopic (exact) mass is 896 g/mol. The first-order chi connectivity index (χ1) is 32.1. The second kappa shape index (κ2) is 15.0. The molecule has 4 heterocycles. The fourth-order valence-electron chi connectivity index (χ4n) is 9.84. The van der Waals surface area contributed by atoms with Crippen molar-refractivity contribution in [1.82, 2.24) is 9.13 Å². The SMILES string of the molecule is Brc1ccc2oc3ccccc3c2c1.c1ccc(-c2ccc(-n3c4ccccc4c4ccc(-c5ccc6c(c5)c5ccccc5n6-c5ccc6oc7ccccc7c6c5)cc43)cc2)cc1. The van der Waals surface area contributed by atoms with Gasteiger partial charge in [0.2, 0.25) is 0 Å². The Balaban J connectivity index is 0.000000257. The average molecular weight is 898 g/mol. The molecule has 0 aliphatic heterocycles. The Labute approximate surface area is 381 Å². The van der Waals surface area contributed by atoms with Crippen LogP contribution >= 0.6 is 15.9 Å². The van der Waals surface area contributed by atoms with Gasteiger partial charge in [-0.2, -0.15) is 0 Å². The molecule has 10 aromatic carbocycles. The lowest BCUT2D eigenvalue weighted by atomic mass is 10.0. The van der Waals surface area contributed by atoms with Gasteiger partial charge < -0.3 is 18.0 Å². The van der Waals surface area contributed by atoms with Crippen molar-refractivity contribution >= 4 is 103 Å². The summed E-state index contributed by atoms with van der Waals surface area (Å²) >= 11 is 3.46. The van der Waals surface area contributed by atoms with Gasteiger partial charge in [-0.3, -0.25) is 0 Å². The zero-order valence-corrected chi connectivity index (χ0v) is 36.5. The fourth-order valence-corrected chi connectivity index (χ4v) is 10.2. The Hall–Kier alpha value is -8.12. The molecule has 14 rings (SSSR count). The zero-order valence-electron chi connectivity index (χ0n) is 35.0. The number of hydrogen-bond acceptors (Lipinski definition) is 2. The van der Waals surface area contributed by atoms with Crippen LogP contribution in [0.15, 0.2) is 238 Å². The van der Waals surface area contributed by atoms with Crippen molar-refractivity contribution in [3.63, 3.8) is 0 Å². The van der Waals surface area contributed by atoms with Crippen LogP contribution in [0.5, 0.6) is 0 Å². The summed E-state index contributed by atoms with van der Waals surface area (Å²) in [6.45, 7) is 0. The van der Waals surface area contributed by atoms with E-state index in [9.17, 15) is 0 Å². The van der Waals surface area contributed by atoms with E-state index >= 15 is 0 Å². The molecule has 4 aromatic heterocycles. The fraction of sp³-hybridized carbons (Fsp3) is 0. The van der Waals surface area contributed by atoms with E-state index in [2.05, 4.69) is 207 Å². The standard InChI is InChI=1S/C48H30N2O.C12H7BrO/c1-2-10-31(11-3-1)32-18-22-35(23-19-32)49-43-15-7-4-12-37(43)39-25-20-34(29-46(39)49)33-21-26-45-41(28-33)38-13-5-8-16-44(38)50(45)36-24-27-48-42(30-36)40-14-6-9-17-47(40)51-48;13-8-5-6-12-10(7-8)9-3-1-2-4-11(9)14-12/h1-30H;1-7H. The molecule has 5 heteroatoms. The largest absolute Gasteiger partial charge is 0.456 e. The molecule has 0 amide bonds. The van der Waals surface area contributed by atoms with Crippen LogP contribution in [-0.4, -0.2) is 9.13 Å². The Morgan fingerprint density at radius 2 is 0.723 bits per heavy atom. The number of fused-ring (bicyclic) bond motifs is 12. The first kappa shape index (κ1) is 37.4. The summed E-state index contributed by atoms with van der Waals surface area (Å²) in [5, 5.41) is 9.58. The molecule has 4 nitrogen and oxygen atoms in total. The highest BCUT2D eigenvalue weighted by atomic mass is 79.9. The van der Waals surface area contributed by atoms with Gasteiger partial charge in [-0.25, -0.2) is 0 Å². The quantitative estimate of drug-likeness (QED) is 0.176. The van der Waals surface area contributed by atoms with Crippen LogP contribution in [0.1, 0.15) is 0 Å². The Kier molecular flexibility index (Phi) is 8.65. The molecule has 0 unspecified atom stereocenters. The van der Waals surface area contributed by atoms with Crippen molar-refractivity contribution in [3.05, 3.63) is 229 Å². The normalized spacial score (nSPS) is 11.8. The average Bonchev–Trinajstić information content (AvgIpc) is 4.11. The molecule has 65 heavy (non-hydrogen) atoms. The van der Waals surface area contributed by atoms with Gasteiger partial charge in [-0.15, -0.1) is 0 Å². The number of hydrogen-bond donors (Lipinski definition) is 0. The topological polar surface area (TPSA) is 36.1 Å². The second-order valence-corrected chi connectivity index (χ2v) is 17.5. The van der Waals surface area contributed by atoms with E-state index in [1.807, 2.05) is 42.5 Å². The van der Waals surface area contributed by atoms with E-state index in [0.717, 1.165) is 54.3 Å². The maximum absolute atomic E-state index is 6.16. The summed E-state index contributed by atoms with van der Waals surface area (Å²) in [7, 11) is 0. The minimum Gasteiger partial charge on any atom is -0.456 e. The van der Waals surface area contributed by atoms with Gasteiger partial charge in [0.05, 0.1) is 22.1 Å². The van der Waals surface area contributed by atoms with E-state index in [1.165, 1.54) is 71.3 Å². The molecule has 14 aromatic rings. The highest BCUT2D eigenvalue weighted by molar-refractivity contribution is 9.10. The molecule has 0 spiro atoms. The van der Waals surface area contributed by atoms with E-state index in [4.69, 9.17) is 8.83 Å². The lowest BCUT2D eigenvalue weighted by molar-refractivity contribution is 0.668. The van der Waals surface area contributed by atoms with Crippen molar-refractivity contribution in [2.45, 2.75) is 0 Å². The van der Waals surface area contributed by atoms with E-state index < -0.39 is 0 Å². The van der Waals surface area contributed by atoms with Gasteiger partial charge in [0.15, 0.2) is 0 Å². The first-order valence-electron chi connectivity index (χ1n) is 21.8. The van der Waals surface area contributed by atoms with Gasteiger partial charge in [0.25, 0.3) is 0 Å². The summed E-state index contributed by atoms with van der Waals surface area (Å²) in [6.07, 6.45) is 0. The lowest BCUT2D eigenvalue weighted by Crippen LogP contribution is -1.94.